The van der Waals surface area contributed by atoms with Crippen molar-refractivity contribution < 1.29 is 9.90 Å². The van der Waals surface area contributed by atoms with Crippen LogP contribution in [0.4, 0.5) is 0 Å². The molecule has 1 aromatic carbocycles. The maximum absolute atomic E-state index is 12.3. The van der Waals surface area contributed by atoms with Gasteiger partial charge in [-0.1, -0.05) is 31.2 Å². The number of aliphatic hydroxyl groups excluding tert-OH is 1. The minimum absolute atomic E-state index is 0.0627. The number of amides is 1. The minimum Gasteiger partial charge on any atom is -0.396 e. The first-order valence-electron chi connectivity index (χ1n) is 7.93. The third kappa shape index (κ3) is 4.43. The highest BCUT2D eigenvalue weighted by Crippen LogP contribution is 2.25. The molecule has 3 heteroatoms. The van der Waals surface area contributed by atoms with E-state index in [9.17, 15) is 4.79 Å². The average molecular weight is 287 g/mol. The lowest BCUT2D eigenvalue weighted by atomic mass is 9.91. The van der Waals surface area contributed by atoms with Crippen molar-refractivity contribution >= 4 is 12.0 Å². The molecule has 0 radical (unpaired) electrons. The summed E-state index contributed by atoms with van der Waals surface area (Å²) in [6, 6.07) is 8.66. The summed E-state index contributed by atoms with van der Waals surface area (Å²) in [5.74, 6) is 0.0627. The van der Waals surface area contributed by atoms with E-state index >= 15 is 0 Å². The van der Waals surface area contributed by atoms with Crippen molar-refractivity contribution in [3.63, 3.8) is 0 Å². The van der Waals surface area contributed by atoms with Crippen molar-refractivity contribution in [1.29, 1.82) is 0 Å². The molecule has 3 nitrogen and oxygen atoms in total. The predicted octanol–water partition coefficient (Wildman–Crippen LogP) is 3.03. The van der Waals surface area contributed by atoms with Gasteiger partial charge in [0.15, 0.2) is 0 Å². The van der Waals surface area contributed by atoms with Gasteiger partial charge in [-0.25, -0.2) is 0 Å². The highest BCUT2D eigenvalue weighted by atomic mass is 16.3. The smallest absolute Gasteiger partial charge is 0.246 e. The van der Waals surface area contributed by atoms with Gasteiger partial charge in [0.2, 0.25) is 5.91 Å². The van der Waals surface area contributed by atoms with E-state index < -0.39 is 0 Å². The van der Waals surface area contributed by atoms with Crippen molar-refractivity contribution in [2.75, 3.05) is 13.2 Å². The fourth-order valence-electron chi connectivity index (χ4n) is 2.54. The van der Waals surface area contributed by atoms with Crippen LogP contribution in [0.25, 0.3) is 6.08 Å². The molecule has 114 valence electrons. The lowest BCUT2D eigenvalue weighted by molar-refractivity contribution is -0.130. The Bertz CT molecular complexity index is 474. The summed E-state index contributed by atoms with van der Waals surface area (Å²) in [6.07, 6.45) is 8.62. The van der Waals surface area contributed by atoms with Gasteiger partial charge in [-0.15, -0.1) is 0 Å². The zero-order valence-corrected chi connectivity index (χ0v) is 12.8. The lowest BCUT2D eigenvalue weighted by Crippen LogP contribution is -2.44. The lowest BCUT2D eigenvalue weighted by Gasteiger charge is -2.37. The Morgan fingerprint density at radius 3 is 2.57 bits per heavy atom. The second-order valence-electron chi connectivity index (χ2n) is 5.62. The molecule has 1 fully saturated rings. The third-order valence-corrected chi connectivity index (χ3v) is 4.16. The minimum atomic E-state index is 0.0627. The van der Waals surface area contributed by atoms with E-state index in [0.29, 0.717) is 19.0 Å². The highest BCUT2D eigenvalue weighted by Gasteiger charge is 2.26. The zero-order valence-electron chi connectivity index (χ0n) is 12.8. The van der Waals surface area contributed by atoms with E-state index in [1.165, 1.54) is 12.0 Å². The Balaban J connectivity index is 1.97. The zero-order chi connectivity index (χ0) is 15.1. The molecule has 0 spiro atoms. The Hall–Kier alpha value is -1.61. The molecule has 0 bridgehead atoms. The number of rotatable bonds is 7. The fourth-order valence-corrected chi connectivity index (χ4v) is 2.54. The quantitative estimate of drug-likeness (QED) is 0.783. The number of carbonyl (C=O) groups is 1. The van der Waals surface area contributed by atoms with Crippen molar-refractivity contribution in [3.05, 3.63) is 41.5 Å². The maximum atomic E-state index is 12.3. The molecule has 0 aromatic heterocycles. The second kappa shape index (κ2) is 7.99. The summed E-state index contributed by atoms with van der Waals surface area (Å²) in [6.45, 7) is 2.92. The van der Waals surface area contributed by atoms with E-state index in [1.54, 1.807) is 6.08 Å². The third-order valence-electron chi connectivity index (χ3n) is 4.16. The van der Waals surface area contributed by atoms with Crippen molar-refractivity contribution in [2.45, 2.75) is 45.1 Å². The Labute approximate surface area is 127 Å². The number of aryl methyl sites for hydroxylation is 1. The number of hydrogen-bond donors (Lipinski definition) is 1. The first-order chi connectivity index (χ1) is 10.2. The van der Waals surface area contributed by atoms with E-state index in [2.05, 4.69) is 19.1 Å². The van der Waals surface area contributed by atoms with E-state index in [-0.39, 0.29) is 12.5 Å². The Morgan fingerprint density at radius 2 is 2.05 bits per heavy atom. The largest absolute Gasteiger partial charge is 0.396 e. The van der Waals surface area contributed by atoms with E-state index in [4.69, 9.17) is 5.11 Å². The van der Waals surface area contributed by atoms with E-state index in [1.807, 2.05) is 23.1 Å². The summed E-state index contributed by atoms with van der Waals surface area (Å²) in [4.78, 5) is 14.3. The summed E-state index contributed by atoms with van der Waals surface area (Å²) in [7, 11) is 0. The van der Waals surface area contributed by atoms with Crippen LogP contribution in [0.15, 0.2) is 30.3 Å². The van der Waals surface area contributed by atoms with Gasteiger partial charge in [0, 0.05) is 25.3 Å². The monoisotopic (exact) mass is 287 g/mol. The van der Waals surface area contributed by atoms with Crippen LogP contribution < -0.4 is 0 Å². The predicted molar refractivity (Wildman–Crippen MR) is 85.9 cm³/mol. The molecule has 1 aromatic rings. The first kappa shape index (κ1) is 15.8. The molecule has 0 atom stereocenters. The molecule has 21 heavy (non-hydrogen) atoms. The summed E-state index contributed by atoms with van der Waals surface area (Å²) in [5.41, 5.74) is 2.36. The molecule has 2 rings (SSSR count). The molecular weight excluding hydrogens is 262 g/mol. The van der Waals surface area contributed by atoms with Gasteiger partial charge in [-0.05, 0) is 49.3 Å². The van der Waals surface area contributed by atoms with Crippen LogP contribution in [-0.4, -0.2) is 35.1 Å². The summed E-state index contributed by atoms with van der Waals surface area (Å²) in [5, 5.41) is 8.97. The molecule has 1 amide bonds. The average Bonchev–Trinajstić information content (AvgIpc) is 2.47. The van der Waals surface area contributed by atoms with Crippen LogP contribution >= 0.6 is 0 Å². The van der Waals surface area contributed by atoms with Crippen LogP contribution in [0.3, 0.4) is 0 Å². The van der Waals surface area contributed by atoms with Crippen LogP contribution in [0, 0.1) is 0 Å². The van der Waals surface area contributed by atoms with Crippen molar-refractivity contribution in [1.82, 2.24) is 4.90 Å². The van der Waals surface area contributed by atoms with E-state index in [0.717, 1.165) is 24.8 Å². The standard InChI is InChI=1S/C18H25NO2/c1-2-15-7-9-16(10-8-15)11-12-18(21)19(13-4-14-20)17-5-3-6-17/h7-12,17,20H,2-6,13-14H2,1H3/b12-11+. The summed E-state index contributed by atoms with van der Waals surface area (Å²) >= 11 is 0. The van der Waals surface area contributed by atoms with Crippen LogP contribution in [0.1, 0.15) is 43.7 Å². The Morgan fingerprint density at radius 1 is 1.33 bits per heavy atom. The van der Waals surface area contributed by atoms with Crippen molar-refractivity contribution in [2.24, 2.45) is 0 Å². The second-order valence-corrected chi connectivity index (χ2v) is 5.62. The first-order valence-corrected chi connectivity index (χ1v) is 7.93. The SMILES string of the molecule is CCc1ccc(/C=C/C(=O)N(CCCO)C2CCC2)cc1. The normalized spacial score (nSPS) is 15.1. The molecule has 1 N–H and O–H groups in total. The van der Waals surface area contributed by atoms with Gasteiger partial charge in [-0.3, -0.25) is 4.79 Å². The number of nitrogens with zero attached hydrogens (tertiary/aromatic N) is 1. The molecule has 1 saturated carbocycles. The van der Waals surface area contributed by atoms with Gasteiger partial charge in [0.25, 0.3) is 0 Å². The van der Waals surface area contributed by atoms with Gasteiger partial charge >= 0.3 is 0 Å². The molecule has 0 heterocycles. The van der Waals surface area contributed by atoms with Gasteiger partial charge in [-0.2, -0.15) is 0 Å². The van der Waals surface area contributed by atoms with Crippen LogP contribution in [0.2, 0.25) is 0 Å². The number of carbonyl (C=O) groups excluding carboxylic acids is 1. The Kier molecular flexibility index (Phi) is 6.00. The number of benzene rings is 1. The van der Waals surface area contributed by atoms with Gasteiger partial charge in [0.1, 0.15) is 0 Å². The van der Waals surface area contributed by atoms with Gasteiger partial charge in [0.05, 0.1) is 0 Å². The molecular formula is C18H25NO2. The highest BCUT2D eigenvalue weighted by molar-refractivity contribution is 5.92. The van der Waals surface area contributed by atoms with Crippen LogP contribution in [-0.2, 0) is 11.2 Å². The maximum Gasteiger partial charge on any atom is 0.246 e. The molecule has 1 aliphatic rings. The number of aliphatic hydroxyl groups is 1. The molecule has 0 saturated heterocycles. The molecule has 0 aliphatic heterocycles. The van der Waals surface area contributed by atoms with Crippen molar-refractivity contribution in [3.8, 4) is 0 Å². The molecule has 1 aliphatic carbocycles. The van der Waals surface area contributed by atoms with Crippen LogP contribution in [0.5, 0.6) is 0 Å². The summed E-state index contributed by atoms with van der Waals surface area (Å²) < 4.78 is 0. The van der Waals surface area contributed by atoms with Gasteiger partial charge < -0.3 is 10.0 Å². The molecule has 0 unspecified atom stereocenters. The topological polar surface area (TPSA) is 40.5 Å². The number of hydrogen-bond acceptors (Lipinski definition) is 2. The fraction of sp³-hybridized carbons (Fsp3) is 0.500.